The Morgan fingerprint density at radius 2 is 2.00 bits per heavy atom. The van der Waals surface area contributed by atoms with Crippen LogP contribution in [0, 0.1) is 6.92 Å². The Bertz CT molecular complexity index is 811. The summed E-state index contributed by atoms with van der Waals surface area (Å²) in [7, 11) is -3.66. The number of aromatic nitrogens is 2. The molecule has 1 aromatic heterocycles. The molecule has 1 amide bonds. The van der Waals surface area contributed by atoms with Crippen LogP contribution in [0.1, 0.15) is 5.69 Å². The average molecular weight is 354 g/mol. The van der Waals surface area contributed by atoms with E-state index in [4.69, 9.17) is 11.6 Å². The number of halogens is 1. The van der Waals surface area contributed by atoms with Gasteiger partial charge in [-0.15, -0.1) is 0 Å². The van der Waals surface area contributed by atoms with Crippen molar-refractivity contribution >= 4 is 27.3 Å². The van der Waals surface area contributed by atoms with Gasteiger partial charge in [0.25, 0.3) is 0 Å². The minimum Gasteiger partial charge on any atom is -0.351 e. The highest BCUT2D eigenvalue weighted by molar-refractivity contribution is 7.94. The number of carbonyl (C=O) groups excluding carboxylic acids is 1. The second-order valence-corrected chi connectivity index (χ2v) is 7.06. The van der Waals surface area contributed by atoms with E-state index < -0.39 is 15.7 Å². The number of amides is 1. The first kappa shape index (κ1) is 17.2. The first-order valence-corrected chi connectivity index (χ1v) is 8.76. The predicted molar refractivity (Wildman–Crippen MR) is 87.8 cm³/mol. The average Bonchev–Trinajstić information content (AvgIpc) is 2.91. The molecule has 1 heterocycles. The molecule has 0 spiro atoms. The van der Waals surface area contributed by atoms with E-state index in [-0.39, 0.29) is 4.90 Å². The lowest BCUT2D eigenvalue weighted by Crippen LogP contribution is -2.26. The normalized spacial score (nSPS) is 11.7. The van der Waals surface area contributed by atoms with E-state index in [1.54, 1.807) is 10.9 Å². The number of sulfone groups is 1. The summed E-state index contributed by atoms with van der Waals surface area (Å²) >= 11 is 5.72. The fourth-order valence-corrected chi connectivity index (χ4v) is 2.93. The number of benzene rings is 1. The van der Waals surface area contributed by atoms with Crippen molar-refractivity contribution in [1.29, 1.82) is 0 Å². The van der Waals surface area contributed by atoms with Crippen molar-refractivity contribution in [2.45, 2.75) is 18.4 Å². The summed E-state index contributed by atoms with van der Waals surface area (Å²) in [4.78, 5) is 11.8. The van der Waals surface area contributed by atoms with Gasteiger partial charge in [-0.1, -0.05) is 11.6 Å². The van der Waals surface area contributed by atoms with Gasteiger partial charge in [0, 0.05) is 34.9 Å². The third-order valence-corrected chi connectivity index (χ3v) is 4.77. The molecule has 0 saturated heterocycles. The highest BCUT2D eigenvalue weighted by Gasteiger charge is 2.10. The monoisotopic (exact) mass is 353 g/mol. The van der Waals surface area contributed by atoms with E-state index in [1.807, 2.05) is 13.0 Å². The van der Waals surface area contributed by atoms with Crippen LogP contribution < -0.4 is 5.32 Å². The molecule has 0 aliphatic rings. The van der Waals surface area contributed by atoms with Crippen LogP contribution in [0.5, 0.6) is 0 Å². The van der Waals surface area contributed by atoms with Crippen LogP contribution in [-0.4, -0.2) is 30.7 Å². The molecule has 0 aliphatic carbocycles. The van der Waals surface area contributed by atoms with Crippen LogP contribution in [0.25, 0.3) is 0 Å². The number of hydrogen-bond donors (Lipinski definition) is 1. The Balaban J connectivity index is 1.90. The second kappa shape index (κ2) is 7.43. The summed E-state index contributed by atoms with van der Waals surface area (Å²) in [5, 5.41) is 8.02. The largest absolute Gasteiger partial charge is 0.351 e. The molecule has 0 unspecified atom stereocenters. The summed E-state index contributed by atoms with van der Waals surface area (Å²) in [5.41, 5.74) is 0.986. The van der Waals surface area contributed by atoms with Gasteiger partial charge in [-0.3, -0.25) is 9.48 Å². The lowest BCUT2D eigenvalue weighted by Gasteiger charge is -2.05. The van der Waals surface area contributed by atoms with Gasteiger partial charge < -0.3 is 5.32 Å². The van der Waals surface area contributed by atoms with Crippen LogP contribution in [0.15, 0.2) is 52.9 Å². The molecule has 6 nitrogen and oxygen atoms in total. The van der Waals surface area contributed by atoms with Gasteiger partial charge in [0.1, 0.15) is 0 Å². The fraction of sp³-hybridized carbons (Fsp3) is 0.200. The molecule has 2 rings (SSSR count). The number of aryl methyl sites for hydroxylation is 1. The van der Waals surface area contributed by atoms with Crippen molar-refractivity contribution in [3.8, 4) is 0 Å². The molecular formula is C15H16ClN3O3S. The number of hydrogen-bond acceptors (Lipinski definition) is 4. The number of nitrogens with zero attached hydrogens (tertiary/aromatic N) is 2. The van der Waals surface area contributed by atoms with E-state index in [1.165, 1.54) is 24.3 Å². The van der Waals surface area contributed by atoms with Crippen molar-refractivity contribution in [2.75, 3.05) is 6.54 Å². The van der Waals surface area contributed by atoms with E-state index in [2.05, 4.69) is 10.4 Å². The van der Waals surface area contributed by atoms with Gasteiger partial charge in [0.2, 0.25) is 5.91 Å². The third-order valence-electron chi connectivity index (χ3n) is 3.09. The summed E-state index contributed by atoms with van der Waals surface area (Å²) in [6.07, 6.45) is 2.68. The van der Waals surface area contributed by atoms with Crippen molar-refractivity contribution in [3.63, 3.8) is 0 Å². The maximum Gasteiger partial charge on any atom is 0.244 e. The molecule has 2 aromatic rings. The summed E-state index contributed by atoms with van der Waals surface area (Å²) < 4.78 is 25.8. The molecule has 0 radical (unpaired) electrons. The van der Waals surface area contributed by atoms with Crippen molar-refractivity contribution in [1.82, 2.24) is 15.1 Å². The van der Waals surface area contributed by atoms with Crippen LogP contribution in [-0.2, 0) is 21.2 Å². The van der Waals surface area contributed by atoms with E-state index >= 15 is 0 Å². The first-order valence-electron chi connectivity index (χ1n) is 6.83. The lowest BCUT2D eigenvalue weighted by atomic mass is 10.4. The second-order valence-electron chi connectivity index (χ2n) is 4.79. The fourth-order valence-electron chi connectivity index (χ4n) is 1.83. The van der Waals surface area contributed by atoms with E-state index in [9.17, 15) is 13.2 Å². The molecule has 23 heavy (non-hydrogen) atoms. The van der Waals surface area contributed by atoms with Crippen molar-refractivity contribution in [3.05, 3.63) is 58.7 Å². The van der Waals surface area contributed by atoms with Gasteiger partial charge in [-0.05, 0) is 37.3 Å². The topological polar surface area (TPSA) is 81.1 Å². The highest BCUT2D eigenvalue weighted by atomic mass is 35.5. The first-order chi connectivity index (χ1) is 10.9. The smallest absolute Gasteiger partial charge is 0.244 e. The molecule has 0 aliphatic heterocycles. The zero-order chi connectivity index (χ0) is 16.9. The predicted octanol–water partition coefficient (Wildman–Crippen LogP) is 1.95. The number of carbonyl (C=O) groups is 1. The number of nitrogens with one attached hydrogen (secondary N) is 1. The minimum atomic E-state index is -3.66. The zero-order valence-electron chi connectivity index (χ0n) is 12.4. The Kier molecular flexibility index (Phi) is 5.57. The molecular weight excluding hydrogens is 338 g/mol. The van der Waals surface area contributed by atoms with Crippen LogP contribution in [0.4, 0.5) is 0 Å². The zero-order valence-corrected chi connectivity index (χ0v) is 14.0. The molecule has 1 N–H and O–H groups in total. The summed E-state index contributed by atoms with van der Waals surface area (Å²) in [6.45, 7) is 2.78. The third kappa shape index (κ3) is 4.94. The van der Waals surface area contributed by atoms with Gasteiger partial charge in [-0.2, -0.15) is 5.10 Å². The van der Waals surface area contributed by atoms with Crippen LogP contribution in [0.2, 0.25) is 5.02 Å². The molecule has 0 fully saturated rings. The molecule has 122 valence electrons. The van der Waals surface area contributed by atoms with Gasteiger partial charge in [0.05, 0.1) is 11.4 Å². The van der Waals surface area contributed by atoms with Crippen LogP contribution >= 0.6 is 11.6 Å². The molecule has 0 atom stereocenters. The van der Waals surface area contributed by atoms with Gasteiger partial charge >= 0.3 is 0 Å². The Labute approximate surface area is 139 Å². The van der Waals surface area contributed by atoms with Gasteiger partial charge in [0.15, 0.2) is 9.84 Å². The Morgan fingerprint density at radius 1 is 1.30 bits per heavy atom. The number of rotatable bonds is 6. The quantitative estimate of drug-likeness (QED) is 0.805. The molecule has 0 bridgehead atoms. The minimum absolute atomic E-state index is 0.0816. The van der Waals surface area contributed by atoms with Crippen molar-refractivity contribution < 1.29 is 13.2 Å². The Hall–Kier alpha value is -2.12. The summed E-state index contributed by atoms with van der Waals surface area (Å²) in [6, 6.07) is 7.60. The standard InChI is InChI=1S/C15H16ClN3O3S/c1-12-6-8-18-19(12)10-9-17-15(20)7-11-23(21,22)14-4-2-13(16)3-5-14/h2-8,11H,9-10H2,1H3,(H,17,20)/b11-7+. The molecule has 1 aromatic carbocycles. The highest BCUT2D eigenvalue weighted by Crippen LogP contribution is 2.15. The maximum atomic E-state index is 12.0. The van der Waals surface area contributed by atoms with Gasteiger partial charge in [-0.25, -0.2) is 8.42 Å². The Morgan fingerprint density at radius 3 is 2.61 bits per heavy atom. The lowest BCUT2D eigenvalue weighted by molar-refractivity contribution is -0.116. The maximum absolute atomic E-state index is 12.0. The molecule has 0 saturated carbocycles. The summed E-state index contributed by atoms with van der Waals surface area (Å²) in [5.74, 6) is -0.479. The van der Waals surface area contributed by atoms with Crippen molar-refractivity contribution in [2.24, 2.45) is 0 Å². The SMILES string of the molecule is Cc1ccnn1CCNC(=O)/C=C/S(=O)(=O)c1ccc(Cl)cc1. The molecule has 8 heteroatoms. The van der Waals surface area contributed by atoms with Crippen LogP contribution in [0.3, 0.4) is 0 Å². The van der Waals surface area contributed by atoms with E-state index in [0.29, 0.717) is 18.1 Å². The van der Waals surface area contributed by atoms with E-state index in [0.717, 1.165) is 17.2 Å².